The number of rotatable bonds is 4. The minimum atomic E-state index is 0.677. The first-order valence-corrected chi connectivity index (χ1v) is 7.99. The van der Waals surface area contributed by atoms with E-state index < -0.39 is 0 Å². The smallest absolute Gasteiger partial charge is 0.165 e. The highest BCUT2D eigenvalue weighted by molar-refractivity contribution is 9.10. The van der Waals surface area contributed by atoms with E-state index >= 15 is 0 Å². The van der Waals surface area contributed by atoms with Crippen molar-refractivity contribution in [1.29, 1.82) is 0 Å². The molecular formula is C16H24BrNO2. The van der Waals surface area contributed by atoms with Gasteiger partial charge in [0.1, 0.15) is 0 Å². The highest BCUT2D eigenvalue weighted by Gasteiger charge is 2.23. The molecule has 1 aromatic rings. The zero-order valence-electron chi connectivity index (χ0n) is 12.8. The first-order chi connectivity index (χ1) is 9.60. The van der Waals surface area contributed by atoms with Crippen molar-refractivity contribution >= 4 is 15.9 Å². The van der Waals surface area contributed by atoms with Crippen LogP contribution in [0, 0.1) is 19.8 Å². The molecule has 1 aromatic carbocycles. The molecule has 1 fully saturated rings. The maximum atomic E-state index is 5.66. The second-order valence-electron chi connectivity index (χ2n) is 5.53. The van der Waals surface area contributed by atoms with Crippen molar-refractivity contribution in [2.45, 2.75) is 33.1 Å². The normalized spacial score (nSPS) is 18.9. The lowest BCUT2D eigenvalue weighted by molar-refractivity contribution is 0.338. The molecule has 0 amide bonds. The summed E-state index contributed by atoms with van der Waals surface area (Å²) in [6.45, 7) is 6.46. The summed E-state index contributed by atoms with van der Waals surface area (Å²) in [4.78, 5) is 0. The van der Waals surface area contributed by atoms with Crippen molar-refractivity contribution in [2.24, 2.45) is 5.92 Å². The fraction of sp³-hybridized carbons (Fsp3) is 0.625. The second-order valence-corrected chi connectivity index (χ2v) is 6.32. The molecular weight excluding hydrogens is 318 g/mol. The number of piperidine rings is 1. The van der Waals surface area contributed by atoms with Crippen LogP contribution in [-0.2, 0) is 6.42 Å². The Morgan fingerprint density at radius 2 is 1.85 bits per heavy atom. The number of methoxy groups -OCH3 is 2. The van der Waals surface area contributed by atoms with E-state index in [0.717, 1.165) is 41.0 Å². The Bertz CT molecular complexity index is 482. The lowest BCUT2D eigenvalue weighted by Gasteiger charge is -2.26. The van der Waals surface area contributed by atoms with Gasteiger partial charge in [-0.2, -0.15) is 0 Å². The van der Waals surface area contributed by atoms with Gasteiger partial charge in [0, 0.05) is 15.6 Å². The molecule has 1 saturated heterocycles. The maximum Gasteiger partial charge on any atom is 0.165 e. The highest BCUT2D eigenvalue weighted by Crippen LogP contribution is 2.43. The van der Waals surface area contributed by atoms with Crippen LogP contribution in [0.3, 0.4) is 0 Å². The number of nitrogens with one attached hydrogen (secondary N) is 1. The Morgan fingerprint density at radius 1 is 1.15 bits per heavy atom. The van der Waals surface area contributed by atoms with Crippen molar-refractivity contribution in [1.82, 2.24) is 5.32 Å². The van der Waals surface area contributed by atoms with Crippen molar-refractivity contribution in [2.75, 3.05) is 27.3 Å². The van der Waals surface area contributed by atoms with E-state index in [1.165, 1.54) is 24.0 Å². The van der Waals surface area contributed by atoms with E-state index in [4.69, 9.17) is 9.47 Å². The predicted octanol–water partition coefficient (Wildman–Crippen LogP) is 3.63. The number of benzene rings is 1. The fourth-order valence-electron chi connectivity index (χ4n) is 3.09. The van der Waals surface area contributed by atoms with Crippen LogP contribution < -0.4 is 14.8 Å². The molecule has 0 spiro atoms. The molecule has 1 heterocycles. The van der Waals surface area contributed by atoms with Gasteiger partial charge in [-0.1, -0.05) is 15.9 Å². The molecule has 20 heavy (non-hydrogen) atoms. The van der Waals surface area contributed by atoms with Crippen LogP contribution in [0.5, 0.6) is 11.5 Å². The lowest BCUT2D eigenvalue weighted by Crippen LogP contribution is -2.31. The molecule has 0 saturated carbocycles. The average Bonchev–Trinajstić information content (AvgIpc) is 2.48. The van der Waals surface area contributed by atoms with Gasteiger partial charge in [-0.3, -0.25) is 0 Å². The maximum absolute atomic E-state index is 5.66. The molecule has 0 aliphatic carbocycles. The van der Waals surface area contributed by atoms with E-state index in [2.05, 4.69) is 35.1 Å². The Labute approximate surface area is 130 Å². The topological polar surface area (TPSA) is 30.5 Å². The molecule has 2 rings (SSSR count). The first-order valence-electron chi connectivity index (χ1n) is 7.20. The van der Waals surface area contributed by atoms with Crippen LogP contribution >= 0.6 is 15.9 Å². The number of hydrogen-bond acceptors (Lipinski definition) is 3. The molecule has 0 radical (unpaired) electrons. The van der Waals surface area contributed by atoms with Crippen LogP contribution in [0.2, 0.25) is 0 Å². The van der Waals surface area contributed by atoms with Crippen LogP contribution in [0.15, 0.2) is 4.47 Å². The average molecular weight is 342 g/mol. The van der Waals surface area contributed by atoms with Gasteiger partial charge < -0.3 is 14.8 Å². The van der Waals surface area contributed by atoms with Gasteiger partial charge in [0.05, 0.1) is 14.2 Å². The van der Waals surface area contributed by atoms with Crippen molar-refractivity contribution in [3.63, 3.8) is 0 Å². The van der Waals surface area contributed by atoms with Crippen LogP contribution in [0.1, 0.15) is 29.5 Å². The quantitative estimate of drug-likeness (QED) is 0.907. The highest BCUT2D eigenvalue weighted by atomic mass is 79.9. The summed E-state index contributed by atoms with van der Waals surface area (Å²) in [5, 5.41) is 3.48. The van der Waals surface area contributed by atoms with Gasteiger partial charge in [0.25, 0.3) is 0 Å². The van der Waals surface area contributed by atoms with Crippen molar-refractivity contribution in [3.05, 3.63) is 21.2 Å². The van der Waals surface area contributed by atoms with Gasteiger partial charge in [0.2, 0.25) is 0 Å². The molecule has 1 aliphatic rings. The van der Waals surface area contributed by atoms with Gasteiger partial charge in [-0.15, -0.1) is 0 Å². The van der Waals surface area contributed by atoms with Crippen LogP contribution in [0.25, 0.3) is 0 Å². The summed E-state index contributed by atoms with van der Waals surface area (Å²) < 4.78 is 12.4. The third-order valence-electron chi connectivity index (χ3n) is 4.23. The largest absolute Gasteiger partial charge is 0.493 e. The molecule has 1 N–H and O–H groups in total. The molecule has 1 unspecified atom stereocenters. The Hall–Kier alpha value is -0.740. The predicted molar refractivity (Wildman–Crippen MR) is 86.0 cm³/mol. The SMILES string of the molecule is COc1c(C)c(Br)c(C)c(CC2CCCNC2)c1OC. The molecule has 4 heteroatoms. The summed E-state index contributed by atoms with van der Waals surface area (Å²) >= 11 is 3.70. The Morgan fingerprint density at radius 3 is 2.40 bits per heavy atom. The summed E-state index contributed by atoms with van der Waals surface area (Å²) in [7, 11) is 3.44. The fourth-order valence-corrected chi connectivity index (χ4v) is 3.50. The van der Waals surface area contributed by atoms with Crippen molar-refractivity contribution < 1.29 is 9.47 Å². The summed E-state index contributed by atoms with van der Waals surface area (Å²) in [5.41, 5.74) is 3.65. The summed E-state index contributed by atoms with van der Waals surface area (Å²) in [6, 6.07) is 0. The monoisotopic (exact) mass is 341 g/mol. The van der Waals surface area contributed by atoms with Crippen LogP contribution in [0.4, 0.5) is 0 Å². The molecule has 0 aromatic heterocycles. The van der Waals surface area contributed by atoms with Crippen LogP contribution in [-0.4, -0.2) is 27.3 Å². The molecule has 112 valence electrons. The van der Waals surface area contributed by atoms with E-state index in [1.54, 1.807) is 14.2 Å². The Kier molecular flexibility index (Phi) is 5.33. The van der Waals surface area contributed by atoms with E-state index in [9.17, 15) is 0 Å². The zero-order chi connectivity index (χ0) is 14.7. The summed E-state index contributed by atoms with van der Waals surface area (Å²) in [5.74, 6) is 2.43. The van der Waals surface area contributed by atoms with E-state index in [1.807, 2.05) is 0 Å². The number of halogens is 1. The molecule has 1 aliphatic heterocycles. The van der Waals surface area contributed by atoms with Gasteiger partial charge in [-0.25, -0.2) is 0 Å². The standard InChI is InChI=1S/C16H24BrNO2/c1-10-13(8-12-6-5-7-18-9-12)16(20-4)15(19-3)11(2)14(10)17/h12,18H,5-9H2,1-4H3. The third kappa shape index (κ3) is 2.96. The van der Waals surface area contributed by atoms with E-state index in [-0.39, 0.29) is 0 Å². The second kappa shape index (κ2) is 6.81. The number of hydrogen-bond donors (Lipinski definition) is 1. The zero-order valence-corrected chi connectivity index (χ0v) is 14.4. The summed E-state index contributed by atoms with van der Waals surface area (Å²) in [6.07, 6.45) is 3.58. The minimum absolute atomic E-state index is 0.677. The van der Waals surface area contributed by atoms with E-state index in [0.29, 0.717) is 5.92 Å². The molecule has 1 atom stereocenters. The molecule has 0 bridgehead atoms. The Balaban J connectivity index is 2.41. The molecule has 3 nitrogen and oxygen atoms in total. The number of ether oxygens (including phenoxy) is 2. The van der Waals surface area contributed by atoms with Gasteiger partial charge >= 0.3 is 0 Å². The third-order valence-corrected chi connectivity index (χ3v) is 5.42. The minimum Gasteiger partial charge on any atom is -0.493 e. The van der Waals surface area contributed by atoms with Gasteiger partial charge in [0.15, 0.2) is 11.5 Å². The lowest BCUT2D eigenvalue weighted by atomic mass is 9.89. The van der Waals surface area contributed by atoms with Crippen molar-refractivity contribution in [3.8, 4) is 11.5 Å². The van der Waals surface area contributed by atoms with Gasteiger partial charge in [-0.05, 0) is 57.7 Å². The first kappa shape index (κ1) is 15.6.